The summed E-state index contributed by atoms with van der Waals surface area (Å²) in [5, 5.41) is -0.0665. The van der Waals surface area contributed by atoms with Crippen LogP contribution < -0.4 is 0 Å². The fourth-order valence-electron chi connectivity index (χ4n) is 3.12. The van der Waals surface area contributed by atoms with Gasteiger partial charge in [0.05, 0.1) is 5.25 Å². The molecule has 1 atom stereocenters. The molecule has 0 saturated heterocycles. The van der Waals surface area contributed by atoms with Crippen molar-refractivity contribution in [1.29, 1.82) is 0 Å². The molecule has 1 aliphatic carbocycles. The SMILES string of the molecule is CC(Sc1ccc2c(c1)CCC2)C(=O)N(C)Cc1ccccc1. The summed E-state index contributed by atoms with van der Waals surface area (Å²) in [6, 6.07) is 16.8. The number of carbonyl (C=O) groups excluding carboxylic acids is 1. The van der Waals surface area contributed by atoms with E-state index in [9.17, 15) is 4.79 Å². The topological polar surface area (TPSA) is 20.3 Å². The second-order valence-corrected chi connectivity index (χ2v) is 7.64. The summed E-state index contributed by atoms with van der Waals surface area (Å²) >= 11 is 1.67. The molecule has 120 valence electrons. The Balaban J connectivity index is 1.61. The molecule has 2 aromatic rings. The van der Waals surface area contributed by atoms with Gasteiger partial charge in [0, 0.05) is 18.5 Å². The average Bonchev–Trinajstić information content (AvgIpc) is 3.02. The van der Waals surface area contributed by atoms with E-state index < -0.39 is 0 Å². The maximum atomic E-state index is 12.6. The van der Waals surface area contributed by atoms with Gasteiger partial charge in [0.2, 0.25) is 5.91 Å². The predicted octanol–water partition coefficient (Wildman–Crippen LogP) is 4.31. The van der Waals surface area contributed by atoms with Gasteiger partial charge in [-0.3, -0.25) is 4.79 Å². The van der Waals surface area contributed by atoms with Crippen molar-refractivity contribution in [2.75, 3.05) is 7.05 Å². The van der Waals surface area contributed by atoms with Crippen molar-refractivity contribution in [3.63, 3.8) is 0 Å². The molecule has 0 fully saturated rings. The zero-order valence-electron chi connectivity index (χ0n) is 13.8. The van der Waals surface area contributed by atoms with Crippen molar-refractivity contribution in [3.05, 3.63) is 65.2 Å². The lowest BCUT2D eigenvalue weighted by Gasteiger charge is -2.21. The highest BCUT2D eigenvalue weighted by atomic mass is 32.2. The smallest absolute Gasteiger partial charge is 0.235 e. The van der Waals surface area contributed by atoms with E-state index >= 15 is 0 Å². The average molecular weight is 325 g/mol. The van der Waals surface area contributed by atoms with Gasteiger partial charge in [-0.2, -0.15) is 0 Å². The molecule has 3 heteroatoms. The highest BCUT2D eigenvalue weighted by Gasteiger charge is 2.20. The van der Waals surface area contributed by atoms with Crippen LogP contribution in [0.25, 0.3) is 0 Å². The molecule has 3 rings (SSSR count). The lowest BCUT2D eigenvalue weighted by Crippen LogP contribution is -2.32. The van der Waals surface area contributed by atoms with Crippen LogP contribution in [-0.4, -0.2) is 23.1 Å². The lowest BCUT2D eigenvalue weighted by atomic mass is 10.1. The number of aryl methyl sites for hydroxylation is 2. The quantitative estimate of drug-likeness (QED) is 0.763. The minimum Gasteiger partial charge on any atom is -0.340 e. The van der Waals surface area contributed by atoms with Crippen LogP contribution in [0, 0.1) is 0 Å². The van der Waals surface area contributed by atoms with Crippen molar-refractivity contribution in [2.24, 2.45) is 0 Å². The van der Waals surface area contributed by atoms with Crippen LogP contribution in [0.1, 0.15) is 30.0 Å². The van der Waals surface area contributed by atoms with E-state index in [-0.39, 0.29) is 11.2 Å². The van der Waals surface area contributed by atoms with Gasteiger partial charge in [-0.05, 0) is 55.0 Å². The minimum absolute atomic E-state index is 0.0665. The minimum atomic E-state index is -0.0665. The molecule has 23 heavy (non-hydrogen) atoms. The fraction of sp³-hybridized carbons (Fsp3) is 0.350. The Kier molecular flexibility index (Phi) is 5.06. The van der Waals surface area contributed by atoms with Gasteiger partial charge in [0.25, 0.3) is 0 Å². The van der Waals surface area contributed by atoms with E-state index in [1.807, 2.05) is 37.1 Å². The van der Waals surface area contributed by atoms with Gasteiger partial charge in [0.1, 0.15) is 0 Å². The van der Waals surface area contributed by atoms with E-state index in [2.05, 4.69) is 30.3 Å². The second kappa shape index (κ2) is 7.22. The molecule has 0 heterocycles. The van der Waals surface area contributed by atoms with E-state index in [1.165, 1.54) is 35.3 Å². The Labute approximate surface area is 142 Å². The molecule has 1 aliphatic rings. The van der Waals surface area contributed by atoms with Gasteiger partial charge in [-0.15, -0.1) is 11.8 Å². The summed E-state index contributed by atoms with van der Waals surface area (Å²) in [4.78, 5) is 15.6. The van der Waals surface area contributed by atoms with E-state index in [1.54, 1.807) is 11.8 Å². The first kappa shape index (κ1) is 16.1. The maximum absolute atomic E-state index is 12.6. The molecule has 0 N–H and O–H groups in total. The number of amides is 1. The summed E-state index contributed by atoms with van der Waals surface area (Å²) in [6.45, 7) is 2.66. The number of fused-ring (bicyclic) bond motifs is 1. The summed E-state index contributed by atoms with van der Waals surface area (Å²) in [6.07, 6.45) is 3.65. The summed E-state index contributed by atoms with van der Waals surface area (Å²) in [7, 11) is 1.88. The van der Waals surface area contributed by atoms with E-state index in [0.29, 0.717) is 6.54 Å². The molecule has 0 aliphatic heterocycles. The molecule has 0 radical (unpaired) electrons. The normalized spacial score (nSPS) is 14.3. The Bertz CT molecular complexity index is 683. The number of thioether (sulfide) groups is 1. The molecule has 1 unspecified atom stereocenters. The summed E-state index contributed by atoms with van der Waals surface area (Å²) in [5.74, 6) is 0.180. The largest absolute Gasteiger partial charge is 0.340 e. The van der Waals surface area contributed by atoms with Crippen molar-refractivity contribution < 1.29 is 4.79 Å². The van der Waals surface area contributed by atoms with Gasteiger partial charge < -0.3 is 4.90 Å². The van der Waals surface area contributed by atoms with Crippen molar-refractivity contribution in [2.45, 2.75) is 42.9 Å². The molecule has 1 amide bonds. The third kappa shape index (κ3) is 3.97. The summed E-state index contributed by atoms with van der Waals surface area (Å²) in [5.41, 5.74) is 4.11. The highest BCUT2D eigenvalue weighted by molar-refractivity contribution is 8.00. The third-order valence-corrected chi connectivity index (χ3v) is 5.45. The third-order valence-electron chi connectivity index (χ3n) is 4.37. The zero-order valence-corrected chi connectivity index (χ0v) is 14.6. The molecule has 0 saturated carbocycles. The number of hydrogen-bond acceptors (Lipinski definition) is 2. The van der Waals surface area contributed by atoms with Crippen molar-refractivity contribution >= 4 is 17.7 Å². The molecule has 0 bridgehead atoms. The monoisotopic (exact) mass is 325 g/mol. The van der Waals surface area contributed by atoms with Crippen LogP contribution in [0.3, 0.4) is 0 Å². The van der Waals surface area contributed by atoms with E-state index in [4.69, 9.17) is 0 Å². The first-order chi connectivity index (χ1) is 11.1. The molecule has 2 nitrogen and oxygen atoms in total. The Morgan fingerprint density at radius 2 is 1.87 bits per heavy atom. The standard InChI is InChI=1S/C20H23NOS/c1-15(20(22)21(2)14-16-7-4-3-5-8-16)23-19-12-11-17-9-6-10-18(17)13-19/h3-5,7-8,11-13,15H,6,9-10,14H2,1-2H3. The van der Waals surface area contributed by atoms with Crippen molar-refractivity contribution in [1.82, 2.24) is 4.90 Å². The van der Waals surface area contributed by atoms with Gasteiger partial charge in [-0.25, -0.2) is 0 Å². The lowest BCUT2D eigenvalue weighted by molar-refractivity contribution is -0.129. The van der Waals surface area contributed by atoms with Crippen LogP contribution in [0.4, 0.5) is 0 Å². The molecular weight excluding hydrogens is 302 g/mol. The molecular formula is C20H23NOS. The molecule has 0 aromatic heterocycles. The number of benzene rings is 2. The molecule has 2 aromatic carbocycles. The second-order valence-electron chi connectivity index (χ2n) is 6.22. The zero-order chi connectivity index (χ0) is 16.2. The number of carbonyl (C=O) groups is 1. The van der Waals surface area contributed by atoms with Gasteiger partial charge in [-0.1, -0.05) is 36.4 Å². The van der Waals surface area contributed by atoms with Gasteiger partial charge >= 0.3 is 0 Å². The Morgan fingerprint density at radius 3 is 2.65 bits per heavy atom. The first-order valence-corrected chi connectivity index (χ1v) is 9.09. The van der Waals surface area contributed by atoms with Crippen molar-refractivity contribution in [3.8, 4) is 0 Å². The Morgan fingerprint density at radius 1 is 1.13 bits per heavy atom. The number of nitrogens with zero attached hydrogens (tertiary/aromatic N) is 1. The fourth-order valence-corrected chi connectivity index (χ4v) is 4.17. The predicted molar refractivity (Wildman–Crippen MR) is 96.7 cm³/mol. The summed E-state index contributed by atoms with van der Waals surface area (Å²) < 4.78 is 0. The first-order valence-electron chi connectivity index (χ1n) is 8.21. The van der Waals surface area contributed by atoms with Crippen LogP contribution in [0.5, 0.6) is 0 Å². The van der Waals surface area contributed by atoms with Crippen LogP contribution in [0.15, 0.2) is 53.4 Å². The maximum Gasteiger partial charge on any atom is 0.235 e. The van der Waals surface area contributed by atoms with Gasteiger partial charge in [0.15, 0.2) is 0 Å². The van der Waals surface area contributed by atoms with Crippen LogP contribution >= 0.6 is 11.8 Å². The Hall–Kier alpha value is -1.74. The highest BCUT2D eigenvalue weighted by Crippen LogP contribution is 2.30. The number of hydrogen-bond donors (Lipinski definition) is 0. The number of rotatable bonds is 5. The van der Waals surface area contributed by atoms with Crippen LogP contribution in [0.2, 0.25) is 0 Å². The van der Waals surface area contributed by atoms with E-state index in [0.717, 1.165) is 5.56 Å². The molecule has 0 spiro atoms. The van der Waals surface area contributed by atoms with Crippen LogP contribution in [-0.2, 0) is 24.2 Å².